The lowest BCUT2D eigenvalue weighted by atomic mass is 10.2. The molecule has 2 rings (SSSR count). The SMILES string of the molecule is CCC(C)NCCCNC(C)CC.NC(=O)c1ccc(N)cc1.NC(=O)c1ccc(N)cc1. The Kier molecular flexibility index (Phi) is 15.8. The molecule has 2 unspecified atom stereocenters. The molecule has 0 aliphatic carbocycles. The minimum absolute atomic E-state index is 0.431. The summed E-state index contributed by atoms with van der Waals surface area (Å²) in [6, 6.07) is 14.3. The highest BCUT2D eigenvalue weighted by Crippen LogP contribution is 2.04. The van der Waals surface area contributed by atoms with Crippen LogP contribution in [0, 0.1) is 0 Å². The van der Waals surface area contributed by atoms with Gasteiger partial charge in [0, 0.05) is 34.6 Å². The van der Waals surface area contributed by atoms with Gasteiger partial charge in [-0.1, -0.05) is 13.8 Å². The highest BCUT2D eigenvalue weighted by Gasteiger charge is 1.98. The quantitative estimate of drug-likeness (QED) is 0.237. The van der Waals surface area contributed by atoms with Crippen LogP contribution in [0.4, 0.5) is 11.4 Å². The van der Waals surface area contributed by atoms with Gasteiger partial charge in [-0.05, 0) is 94.7 Å². The fraction of sp³-hybridized carbons (Fsp3) is 0.440. The Morgan fingerprint density at radius 2 is 1.00 bits per heavy atom. The maximum absolute atomic E-state index is 10.5. The number of nitrogens with two attached hydrogens (primary N) is 4. The van der Waals surface area contributed by atoms with E-state index in [1.54, 1.807) is 48.5 Å². The van der Waals surface area contributed by atoms with Gasteiger partial charge >= 0.3 is 0 Å². The van der Waals surface area contributed by atoms with Crippen LogP contribution in [-0.4, -0.2) is 37.0 Å². The molecular formula is C25H42N6O2. The zero-order valence-electron chi connectivity index (χ0n) is 20.4. The molecule has 2 aromatic rings. The van der Waals surface area contributed by atoms with Gasteiger partial charge in [0.15, 0.2) is 0 Å². The second-order valence-electron chi connectivity index (χ2n) is 7.85. The van der Waals surface area contributed by atoms with Crippen molar-refractivity contribution in [2.45, 2.75) is 59.0 Å². The van der Waals surface area contributed by atoms with E-state index in [0.717, 1.165) is 13.1 Å². The summed E-state index contributed by atoms with van der Waals surface area (Å²) in [4.78, 5) is 21.0. The van der Waals surface area contributed by atoms with Crippen molar-refractivity contribution < 1.29 is 9.59 Å². The van der Waals surface area contributed by atoms with Crippen LogP contribution in [0.2, 0.25) is 0 Å². The lowest BCUT2D eigenvalue weighted by Gasteiger charge is -2.13. The minimum atomic E-state index is -0.431. The minimum Gasteiger partial charge on any atom is -0.399 e. The molecule has 2 atom stereocenters. The third-order valence-electron chi connectivity index (χ3n) is 4.95. The smallest absolute Gasteiger partial charge is 0.248 e. The number of hydrogen-bond donors (Lipinski definition) is 6. The Morgan fingerprint density at radius 1 is 0.697 bits per heavy atom. The Labute approximate surface area is 198 Å². The van der Waals surface area contributed by atoms with Crippen LogP contribution < -0.4 is 33.6 Å². The molecule has 10 N–H and O–H groups in total. The first kappa shape index (κ1) is 29.9. The Hall–Kier alpha value is -3.10. The van der Waals surface area contributed by atoms with Gasteiger partial charge in [0.2, 0.25) is 11.8 Å². The molecule has 0 heterocycles. The van der Waals surface area contributed by atoms with Crippen LogP contribution in [0.3, 0.4) is 0 Å². The number of carbonyl (C=O) groups is 2. The predicted molar refractivity (Wildman–Crippen MR) is 139 cm³/mol. The van der Waals surface area contributed by atoms with Crippen LogP contribution in [-0.2, 0) is 0 Å². The Morgan fingerprint density at radius 3 is 1.24 bits per heavy atom. The van der Waals surface area contributed by atoms with E-state index in [1.807, 2.05) is 0 Å². The third-order valence-corrected chi connectivity index (χ3v) is 4.95. The molecular weight excluding hydrogens is 416 g/mol. The van der Waals surface area contributed by atoms with Crippen LogP contribution in [0.1, 0.15) is 67.7 Å². The number of anilines is 2. The van der Waals surface area contributed by atoms with Gasteiger partial charge in [0.25, 0.3) is 0 Å². The number of benzene rings is 2. The first-order chi connectivity index (χ1) is 15.6. The molecule has 0 aromatic heterocycles. The van der Waals surface area contributed by atoms with Crippen molar-refractivity contribution in [3.05, 3.63) is 59.7 Å². The Bertz CT molecular complexity index is 726. The van der Waals surface area contributed by atoms with Crippen molar-refractivity contribution in [2.75, 3.05) is 24.6 Å². The number of carbonyl (C=O) groups excluding carboxylic acids is 2. The van der Waals surface area contributed by atoms with E-state index in [-0.39, 0.29) is 0 Å². The molecule has 184 valence electrons. The van der Waals surface area contributed by atoms with Gasteiger partial charge in [-0.2, -0.15) is 0 Å². The van der Waals surface area contributed by atoms with Crippen molar-refractivity contribution >= 4 is 23.2 Å². The van der Waals surface area contributed by atoms with E-state index in [0.29, 0.717) is 34.6 Å². The zero-order valence-corrected chi connectivity index (χ0v) is 20.4. The summed E-state index contributed by atoms with van der Waals surface area (Å²) in [5.74, 6) is -0.861. The van der Waals surface area contributed by atoms with E-state index in [9.17, 15) is 9.59 Å². The van der Waals surface area contributed by atoms with Crippen LogP contribution >= 0.6 is 0 Å². The summed E-state index contributed by atoms with van der Waals surface area (Å²) in [7, 11) is 0. The average molecular weight is 459 g/mol. The topological polar surface area (TPSA) is 162 Å². The summed E-state index contributed by atoms with van der Waals surface area (Å²) in [6.45, 7) is 11.2. The van der Waals surface area contributed by atoms with Crippen LogP contribution in [0.15, 0.2) is 48.5 Å². The van der Waals surface area contributed by atoms with Crippen molar-refractivity contribution in [3.8, 4) is 0 Å². The molecule has 0 spiro atoms. The first-order valence-corrected chi connectivity index (χ1v) is 11.4. The molecule has 2 aromatic carbocycles. The molecule has 33 heavy (non-hydrogen) atoms. The molecule has 0 fully saturated rings. The van der Waals surface area contributed by atoms with Gasteiger partial charge in [-0.15, -0.1) is 0 Å². The van der Waals surface area contributed by atoms with E-state index in [1.165, 1.54) is 19.3 Å². The van der Waals surface area contributed by atoms with Crippen molar-refractivity contribution in [2.24, 2.45) is 11.5 Å². The normalized spacial score (nSPS) is 11.8. The van der Waals surface area contributed by atoms with Crippen molar-refractivity contribution in [1.29, 1.82) is 0 Å². The average Bonchev–Trinajstić information content (AvgIpc) is 2.80. The second kappa shape index (κ2) is 17.5. The van der Waals surface area contributed by atoms with E-state index >= 15 is 0 Å². The molecule has 2 amide bonds. The van der Waals surface area contributed by atoms with Gasteiger partial charge < -0.3 is 33.6 Å². The number of rotatable bonds is 10. The number of amides is 2. The van der Waals surface area contributed by atoms with Crippen molar-refractivity contribution in [3.63, 3.8) is 0 Å². The summed E-state index contributed by atoms with van der Waals surface area (Å²) < 4.78 is 0. The molecule has 8 heteroatoms. The van der Waals surface area contributed by atoms with Gasteiger partial charge in [0.05, 0.1) is 0 Å². The summed E-state index contributed by atoms with van der Waals surface area (Å²) >= 11 is 0. The first-order valence-electron chi connectivity index (χ1n) is 11.4. The second-order valence-corrected chi connectivity index (χ2v) is 7.85. The molecule has 0 saturated heterocycles. The standard InChI is InChI=1S/C11H26N2.2C7H8N2O/c1-5-10(3)12-8-7-9-13-11(4)6-2;2*8-6-3-1-5(2-4-6)7(9)10/h10-13H,5-9H2,1-4H3;2*1-4H,8H2,(H2,9,10). The third kappa shape index (κ3) is 15.4. The molecule has 0 bridgehead atoms. The fourth-order valence-corrected chi connectivity index (χ4v) is 2.37. The highest BCUT2D eigenvalue weighted by molar-refractivity contribution is 5.93. The Balaban J connectivity index is 0.000000470. The van der Waals surface area contributed by atoms with Crippen LogP contribution in [0.5, 0.6) is 0 Å². The summed E-state index contributed by atoms with van der Waals surface area (Å²) in [6.07, 6.45) is 3.67. The lowest BCUT2D eigenvalue weighted by molar-refractivity contribution is 0.0992. The van der Waals surface area contributed by atoms with Gasteiger partial charge in [0.1, 0.15) is 0 Å². The molecule has 0 aliphatic rings. The van der Waals surface area contributed by atoms with Gasteiger partial charge in [-0.25, -0.2) is 0 Å². The van der Waals surface area contributed by atoms with Gasteiger partial charge in [-0.3, -0.25) is 9.59 Å². The summed E-state index contributed by atoms with van der Waals surface area (Å²) in [5.41, 5.74) is 22.9. The maximum atomic E-state index is 10.5. The highest BCUT2D eigenvalue weighted by atomic mass is 16.1. The lowest BCUT2D eigenvalue weighted by Crippen LogP contribution is -2.31. The molecule has 0 radical (unpaired) electrons. The number of hydrogen-bond acceptors (Lipinski definition) is 6. The molecule has 0 aliphatic heterocycles. The predicted octanol–water partition coefficient (Wildman–Crippen LogP) is 2.89. The molecule has 0 saturated carbocycles. The maximum Gasteiger partial charge on any atom is 0.248 e. The monoisotopic (exact) mass is 458 g/mol. The zero-order chi connectivity index (χ0) is 25.2. The molecule has 8 nitrogen and oxygen atoms in total. The van der Waals surface area contributed by atoms with Crippen LogP contribution in [0.25, 0.3) is 0 Å². The number of nitrogen functional groups attached to an aromatic ring is 2. The van der Waals surface area contributed by atoms with E-state index < -0.39 is 11.8 Å². The number of nitrogens with one attached hydrogen (secondary N) is 2. The fourth-order valence-electron chi connectivity index (χ4n) is 2.37. The largest absolute Gasteiger partial charge is 0.399 e. The number of primary amides is 2. The summed E-state index contributed by atoms with van der Waals surface area (Å²) in [5, 5.41) is 6.97. The van der Waals surface area contributed by atoms with Crippen molar-refractivity contribution in [1.82, 2.24) is 10.6 Å². The van der Waals surface area contributed by atoms with E-state index in [2.05, 4.69) is 38.3 Å². The van der Waals surface area contributed by atoms with E-state index in [4.69, 9.17) is 22.9 Å².